The number of hydrogen-bond donors (Lipinski definition) is 2. The molecule has 5 heteroatoms. The molecule has 2 rings (SSSR count). The van der Waals surface area contributed by atoms with Gasteiger partial charge in [0.25, 0.3) is 0 Å². The van der Waals surface area contributed by atoms with Gasteiger partial charge in [-0.3, -0.25) is 5.43 Å². The summed E-state index contributed by atoms with van der Waals surface area (Å²) in [6.45, 7) is 2.08. The zero-order valence-electron chi connectivity index (χ0n) is 9.61. The van der Waals surface area contributed by atoms with Crippen LogP contribution >= 0.6 is 0 Å². The van der Waals surface area contributed by atoms with Crippen molar-refractivity contribution in [2.45, 2.75) is 31.3 Å². The SMILES string of the molecule is CN(C)C1CCN(C(=NC2CC2)NN)C1. The van der Waals surface area contributed by atoms with Gasteiger partial charge in [-0.25, -0.2) is 10.8 Å². The van der Waals surface area contributed by atoms with Crippen molar-refractivity contribution in [3.63, 3.8) is 0 Å². The molecule has 3 N–H and O–H groups in total. The summed E-state index contributed by atoms with van der Waals surface area (Å²) in [5, 5.41) is 0. The van der Waals surface area contributed by atoms with E-state index in [-0.39, 0.29) is 0 Å². The Hall–Kier alpha value is -0.810. The molecule has 1 heterocycles. The lowest BCUT2D eigenvalue weighted by molar-refractivity contribution is 0.299. The Balaban J connectivity index is 1.92. The molecule has 0 amide bonds. The highest BCUT2D eigenvalue weighted by molar-refractivity contribution is 5.80. The van der Waals surface area contributed by atoms with Crippen LogP contribution in [0.1, 0.15) is 19.3 Å². The Morgan fingerprint density at radius 3 is 2.60 bits per heavy atom. The Kier molecular flexibility index (Phi) is 3.11. The molecule has 0 spiro atoms. The van der Waals surface area contributed by atoms with Gasteiger partial charge in [0.05, 0.1) is 6.04 Å². The van der Waals surface area contributed by atoms with E-state index in [2.05, 4.69) is 34.3 Å². The molecule has 1 aliphatic carbocycles. The van der Waals surface area contributed by atoms with Gasteiger partial charge in [-0.2, -0.15) is 0 Å². The predicted molar refractivity (Wildman–Crippen MR) is 61.4 cm³/mol. The lowest BCUT2D eigenvalue weighted by Gasteiger charge is -2.22. The summed E-state index contributed by atoms with van der Waals surface area (Å²) < 4.78 is 0. The minimum Gasteiger partial charge on any atom is -0.340 e. The van der Waals surface area contributed by atoms with Gasteiger partial charge < -0.3 is 9.80 Å². The van der Waals surface area contributed by atoms with Crippen LogP contribution in [-0.2, 0) is 0 Å². The molecule has 0 radical (unpaired) electrons. The minimum atomic E-state index is 0.523. The average Bonchev–Trinajstić information content (AvgIpc) is 2.89. The van der Waals surface area contributed by atoms with Crippen LogP contribution in [0.4, 0.5) is 0 Å². The molecule has 2 aliphatic rings. The predicted octanol–water partition coefficient (Wildman–Crippen LogP) is -0.396. The normalized spacial score (nSPS) is 27.6. The number of nitrogens with zero attached hydrogens (tertiary/aromatic N) is 3. The summed E-state index contributed by atoms with van der Waals surface area (Å²) in [5.74, 6) is 6.39. The zero-order valence-corrected chi connectivity index (χ0v) is 9.61. The van der Waals surface area contributed by atoms with Gasteiger partial charge in [0.2, 0.25) is 5.96 Å². The quantitative estimate of drug-likeness (QED) is 0.282. The first-order valence-electron chi connectivity index (χ1n) is 5.66. The maximum atomic E-state index is 5.51. The fourth-order valence-corrected chi connectivity index (χ4v) is 1.94. The van der Waals surface area contributed by atoms with Crippen LogP contribution in [-0.4, -0.2) is 55.0 Å². The summed E-state index contributed by atoms with van der Waals surface area (Å²) in [6, 6.07) is 1.15. The number of hydrazine groups is 1. The summed E-state index contributed by atoms with van der Waals surface area (Å²) in [6.07, 6.45) is 3.63. The van der Waals surface area contributed by atoms with Crippen LogP contribution in [0.3, 0.4) is 0 Å². The van der Waals surface area contributed by atoms with E-state index in [0.29, 0.717) is 12.1 Å². The summed E-state index contributed by atoms with van der Waals surface area (Å²) in [7, 11) is 4.25. The van der Waals surface area contributed by atoms with Gasteiger partial charge in [-0.15, -0.1) is 0 Å². The molecular formula is C10H21N5. The Labute approximate surface area is 91.3 Å². The minimum absolute atomic E-state index is 0.523. The second-order valence-corrected chi connectivity index (χ2v) is 4.68. The average molecular weight is 211 g/mol. The third kappa shape index (κ3) is 2.60. The first-order valence-corrected chi connectivity index (χ1v) is 5.66. The van der Waals surface area contributed by atoms with Crippen molar-refractivity contribution in [3.8, 4) is 0 Å². The lowest BCUT2D eigenvalue weighted by Crippen LogP contribution is -2.45. The van der Waals surface area contributed by atoms with Crippen LogP contribution in [0.15, 0.2) is 4.99 Å². The Morgan fingerprint density at radius 1 is 1.40 bits per heavy atom. The van der Waals surface area contributed by atoms with Crippen molar-refractivity contribution < 1.29 is 0 Å². The summed E-state index contributed by atoms with van der Waals surface area (Å²) in [4.78, 5) is 9.09. The number of likely N-dealkylation sites (N-methyl/N-ethyl adjacent to an activating group) is 1. The molecule has 0 bridgehead atoms. The Bertz CT molecular complexity index is 246. The van der Waals surface area contributed by atoms with Gasteiger partial charge in [0, 0.05) is 19.1 Å². The third-order valence-corrected chi connectivity index (χ3v) is 3.17. The van der Waals surface area contributed by atoms with Crippen molar-refractivity contribution in [3.05, 3.63) is 0 Å². The molecule has 15 heavy (non-hydrogen) atoms. The Morgan fingerprint density at radius 2 is 2.13 bits per heavy atom. The van der Waals surface area contributed by atoms with Crippen molar-refractivity contribution >= 4 is 5.96 Å². The highest BCUT2D eigenvalue weighted by Gasteiger charge is 2.28. The molecule has 1 saturated heterocycles. The summed E-state index contributed by atoms with van der Waals surface area (Å²) >= 11 is 0. The van der Waals surface area contributed by atoms with Crippen molar-refractivity contribution in [1.82, 2.24) is 15.2 Å². The third-order valence-electron chi connectivity index (χ3n) is 3.17. The van der Waals surface area contributed by atoms with E-state index in [1.165, 1.54) is 19.3 Å². The highest BCUT2D eigenvalue weighted by Crippen LogP contribution is 2.24. The zero-order chi connectivity index (χ0) is 10.8. The molecule has 0 aromatic rings. The second-order valence-electron chi connectivity index (χ2n) is 4.68. The molecule has 5 nitrogen and oxygen atoms in total. The van der Waals surface area contributed by atoms with Crippen molar-refractivity contribution in [2.75, 3.05) is 27.2 Å². The van der Waals surface area contributed by atoms with Gasteiger partial charge in [-0.05, 0) is 33.4 Å². The van der Waals surface area contributed by atoms with Gasteiger partial charge in [0.1, 0.15) is 0 Å². The number of rotatable bonds is 2. The molecule has 0 aromatic heterocycles. The number of nitrogens with two attached hydrogens (primary N) is 1. The number of hydrogen-bond acceptors (Lipinski definition) is 3. The number of guanidine groups is 1. The number of nitrogens with one attached hydrogen (secondary N) is 1. The van der Waals surface area contributed by atoms with Gasteiger partial charge in [-0.1, -0.05) is 0 Å². The molecule has 1 atom stereocenters. The van der Waals surface area contributed by atoms with Gasteiger partial charge >= 0.3 is 0 Å². The van der Waals surface area contributed by atoms with E-state index >= 15 is 0 Å². The smallest absolute Gasteiger partial charge is 0.208 e. The first-order chi connectivity index (χ1) is 7.20. The first kappa shape index (κ1) is 10.7. The largest absolute Gasteiger partial charge is 0.340 e. The van der Waals surface area contributed by atoms with Crippen LogP contribution < -0.4 is 11.3 Å². The van der Waals surface area contributed by atoms with Gasteiger partial charge in [0.15, 0.2) is 0 Å². The van der Waals surface area contributed by atoms with Crippen molar-refractivity contribution in [2.24, 2.45) is 10.8 Å². The van der Waals surface area contributed by atoms with Crippen molar-refractivity contribution in [1.29, 1.82) is 0 Å². The maximum absolute atomic E-state index is 5.51. The van der Waals surface area contributed by atoms with Crippen LogP contribution in [0.25, 0.3) is 0 Å². The van der Waals surface area contributed by atoms with E-state index < -0.39 is 0 Å². The molecular weight excluding hydrogens is 190 g/mol. The molecule has 1 aliphatic heterocycles. The van der Waals surface area contributed by atoms with E-state index in [4.69, 9.17) is 5.84 Å². The second kappa shape index (κ2) is 4.37. The fraction of sp³-hybridized carbons (Fsp3) is 0.900. The standard InChI is InChI=1S/C10H21N5/c1-14(2)9-5-6-15(7-9)10(13-11)12-8-3-4-8/h8-9H,3-7,11H2,1-2H3,(H,12,13). The van der Waals surface area contributed by atoms with E-state index in [0.717, 1.165) is 19.0 Å². The molecule has 1 saturated carbocycles. The van der Waals surface area contributed by atoms with E-state index in [1.54, 1.807) is 0 Å². The fourth-order valence-electron chi connectivity index (χ4n) is 1.94. The molecule has 1 unspecified atom stereocenters. The molecule has 0 aromatic carbocycles. The number of likely N-dealkylation sites (tertiary alicyclic amines) is 1. The summed E-state index contributed by atoms with van der Waals surface area (Å²) in [5.41, 5.74) is 2.73. The molecule has 2 fully saturated rings. The van der Waals surface area contributed by atoms with E-state index in [1.807, 2.05) is 0 Å². The molecule has 86 valence electrons. The maximum Gasteiger partial charge on any atom is 0.208 e. The monoisotopic (exact) mass is 211 g/mol. The van der Waals surface area contributed by atoms with E-state index in [9.17, 15) is 0 Å². The number of aliphatic imine (C=N–C) groups is 1. The lowest BCUT2D eigenvalue weighted by atomic mass is 10.2. The van der Waals surface area contributed by atoms with Crippen LogP contribution in [0.5, 0.6) is 0 Å². The highest BCUT2D eigenvalue weighted by atomic mass is 15.4. The van der Waals surface area contributed by atoms with Crippen LogP contribution in [0.2, 0.25) is 0 Å². The van der Waals surface area contributed by atoms with Crippen LogP contribution in [0, 0.1) is 0 Å². The topological polar surface area (TPSA) is 56.9 Å².